The molecule has 0 saturated heterocycles. The Kier molecular flexibility index (Phi) is 7.22. The van der Waals surface area contributed by atoms with Crippen LogP contribution in [-0.2, 0) is 14.6 Å². The average Bonchev–Trinajstić information content (AvgIpc) is 2.95. The van der Waals surface area contributed by atoms with Gasteiger partial charge in [0.05, 0.1) is 16.2 Å². The third-order valence-electron chi connectivity index (χ3n) is 2.90. The lowest BCUT2D eigenvalue weighted by molar-refractivity contribution is -0.123. The summed E-state index contributed by atoms with van der Waals surface area (Å²) < 4.78 is 22.0. The number of primary amides is 1. The van der Waals surface area contributed by atoms with Gasteiger partial charge in [0, 0.05) is 12.5 Å². The number of thiophene rings is 1. The molecular weight excluding hydrogens is 366 g/mol. The number of carbonyl (C=O) groups is 2. The van der Waals surface area contributed by atoms with Crippen LogP contribution in [-0.4, -0.2) is 42.7 Å². The Hall–Kier alpha value is -2.30. The number of nitrogens with one attached hydrogen (secondary N) is 1. The number of aryl methyl sites for hydroxylation is 1. The second kappa shape index (κ2) is 8.70. The maximum Gasteiger partial charge on any atom is 0.253 e. The molecule has 0 bridgehead atoms. The molecule has 0 fully saturated rings. The van der Waals surface area contributed by atoms with E-state index in [9.17, 15) is 18.0 Å². The van der Waals surface area contributed by atoms with Crippen LogP contribution >= 0.6 is 11.3 Å². The number of nitrogens with two attached hydrogens (primary N) is 1. The van der Waals surface area contributed by atoms with Gasteiger partial charge in [-0.2, -0.15) is 0 Å². The van der Waals surface area contributed by atoms with E-state index in [0.717, 1.165) is 0 Å². The first-order valence-electron chi connectivity index (χ1n) is 7.02. The Morgan fingerprint density at radius 3 is 2.44 bits per heavy atom. The molecule has 0 spiro atoms. The van der Waals surface area contributed by atoms with Crippen molar-refractivity contribution in [2.45, 2.75) is 24.8 Å². The number of sulfone groups is 1. The summed E-state index contributed by atoms with van der Waals surface area (Å²) in [5, 5.41) is 13.3. The van der Waals surface area contributed by atoms with Crippen molar-refractivity contribution in [2.75, 3.05) is 11.6 Å². The fourth-order valence-electron chi connectivity index (χ4n) is 1.68. The maximum atomic E-state index is 11.1. The third-order valence-corrected chi connectivity index (χ3v) is 4.97. The van der Waals surface area contributed by atoms with E-state index in [4.69, 9.17) is 10.8 Å². The molecule has 25 heavy (non-hydrogen) atoms. The number of hydrogen-bond acceptors (Lipinski definition) is 7. The van der Waals surface area contributed by atoms with Gasteiger partial charge in [-0.05, 0) is 37.4 Å². The number of nitrogens with zero attached hydrogens (tertiary/aromatic N) is 1. The van der Waals surface area contributed by atoms with Gasteiger partial charge in [0.2, 0.25) is 0 Å². The van der Waals surface area contributed by atoms with Crippen LogP contribution in [0.3, 0.4) is 0 Å². The molecule has 10 heteroatoms. The molecular formula is C15H19N3O5S2. The third kappa shape index (κ3) is 6.25. The standard InChI is InChI=1S/C8H10N2O3S.C7H9NO2S/c1-4(11)7(13)10-8-5(6(9)12)2-3-14-8;1-6-7(11(2,9)10)4-3-5-8-6/h2-4,11H,1H3,(H2,9,12)(H,10,13);3-5H,1-2H3. The lowest BCUT2D eigenvalue weighted by Gasteiger charge is -2.05. The predicted octanol–water partition coefficient (Wildman–Crippen LogP) is 0.960. The van der Waals surface area contributed by atoms with Gasteiger partial charge in [-0.3, -0.25) is 14.6 Å². The minimum absolute atomic E-state index is 0.254. The molecule has 8 nitrogen and oxygen atoms in total. The number of carbonyl (C=O) groups excluding carboxylic acids is 2. The molecule has 2 aromatic rings. The van der Waals surface area contributed by atoms with Crippen LogP contribution in [0.25, 0.3) is 0 Å². The van der Waals surface area contributed by atoms with Gasteiger partial charge in [0.15, 0.2) is 9.84 Å². The first-order valence-corrected chi connectivity index (χ1v) is 9.79. The van der Waals surface area contributed by atoms with Crippen molar-refractivity contribution in [3.8, 4) is 0 Å². The molecule has 136 valence electrons. The summed E-state index contributed by atoms with van der Waals surface area (Å²) >= 11 is 1.18. The van der Waals surface area contributed by atoms with E-state index in [1.807, 2.05) is 0 Å². The summed E-state index contributed by atoms with van der Waals surface area (Å²) in [6.45, 7) is 3.02. The Labute approximate surface area is 149 Å². The fourth-order valence-corrected chi connectivity index (χ4v) is 3.39. The van der Waals surface area contributed by atoms with Gasteiger partial charge in [-0.1, -0.05) is 0 Å². The number of anilines is 1. The van der Waals surface area contributed by atoms with Crippen LogP contribution < -0.4 is 11.1 Å². The molecule has 0 aliphatic heterocycles. The second-order valence-electron chi connectivity index (χ2n) is 5.05. The number of amides is 2. The highest BCUT2D eigenvalue weighted by atomic mass is 32.2. The van der Waals surface area contributed by atoms with E-state index < -0.39 is 27.8 Å². The van der Waals surface area contributed by atoms with Crippen LogP contribution in [0.5, 0.6) is 0 Å². The first kappa shape index (κ1) is 20.7. The highest BCUT2D eigenvalue weighted by Gasteiger charge is 2.14. The Morgan fingerprint density at radius 2 is 2.00 bits per heavy atom. The molecule has 0 radical (unpaired) electrons. The molecule has 0 aliphatic rings. The van der Waals surface area contributed by atoms with Gasteiger partial charge in [0.1, 0.15) is 11.1 Å². The van der Waals surface area contributed by atoms with Gasteiger partial charge in [0.25, 0.3) is 11.8 Å². The second-order valence-corrected chi connectivity index (χ2v) is 7.95. The molecule has 4 N–H and O–H groups in total. The number of aliphatic hydroxyl groups is 1. The molecule has 2 aromatic heterocycles. The maximum absolute atomic E-state index is 11.1. The van der Waals surface area contributed by atoms with E-state index in [1.54, 1.807) is 30.6 Å². The van der Waals surface area contributed by atoms with Crippen molar-refractivity contribution >= 4 is 38.0 Å². The van der Waals surface area contributed by atoms with Crippen LogP contribution in [0.2, 0.25) is 0 Å². The predicted molar refractivity (Wildman–Crippen MR) is 95.2 cm³/mol. The van der Waals surface area contributed by atoms with Crippen LogP contribution in [0.4, 0.5) is 5.00 Å². The quantitative estimate of drug-likeness (QED) is 0.716. The Bertz CT molecular complexity index is 860. The van der Waals surface area contributed by atoms with Gasteiger partial charge < -0.3 is 16.2 Å². The normalized spacial score (nSPS) is 11.8. The van der Waals surface area contributed by atoms with E-state index in [-0.39, 0.29) is 5.56 Å². The van der Waals surface area contributed by atoms with Gasteiger partial charge in [-0.25, -0.2) is 8.42 Å². The molecule has 2 rings (SSSR count). The van der Waals surface area contributed by atoms with Crippen LogP contribution in [0.15, 0.2) is 34.7 Å². The molecule has 0 aliphatic carbocycles. The summed E-state index contributed by atoms with van der Waals surface area (Å²) in [4.78, 5) is 26.1. The average molecular weight is 385 g/mol. The summed E-state index contributed by atoms with van der Waals surface area (Å²) in [6, 6.07) is 4.69. The van der Waals surface area contributed by atoms with Crippen LogP contribution in [0.1, 0.15) is 23.0 Å². The molecule has 1 unspecified atom stereocenters. The van der Waals surface area contributed by atoms with Crippen LogP contribution in [0, 0.1) is 6.92 Å². The number of rotatable bonds is 4. The number of pyridine rings is 1. The van der Waals surface area contributed by atoms with Crippen molar-refractivity contribution < 1.29 is 23.1 Å². The molecule has 2 amide bonds. The summed E-state index contributed by atoms with van der Waals surface area (Å²) in [5.41, 5.74) is 5.87. The highest BCUT2D eigenvalue weighted by Crippen LogP contribution is 2.22. The summed E-state index contributed by atoms with van der Waals surface area (Å²) in [7, 11) is -3.10. The molecule has 0 aromatic carbocycles. The SMILES string of the molecule is CC(O)C(=O)Nc1sccc1C(N)=O.Cc1ncccc1S(C)(=O)=O. The van der Waals surface area contributed by atoms with E-state index in [1.165, 1.54) is 30.6 Å². The summed E-state index contributed by atoms with van der Waals surface area (Å²) in [5.74, 6) is -1.16. The van der Waals surface area contributed by atoms with E-state index in [2.05, 4.69) is 10.3 Å². The summed E-state index contributed by atoms with van der Waals surface area (Å²) in [6.07, 6.45) is 1.64. The Morgan fingerprint density at radius 1 is 1.36 bits per heavy atom. The van der Waals surface area contributed by atoms with Gasteiger partial charge in [-0.15, -0.1) is 11.3 Å². The molecule has 0 saturated carbocycles. The van der Waals surface area contributed by atoms with E-state index >= 15 is 0 Å². The lowest BCUT2D eigenvalue weighted by atomic mass is 10.3. The molecule has 2 heterocycles. The molecule has 1 atom stereocenters. The van der Waals surface area contributed by atoms with Crippen molar-refractivity contribution in [2.24, 2.45) is 5.73 Å². The number of aromatic nitrogens is 1. The largest absolute Gasteiger partial charge is 0.384 e. The highest BCUT2D eigenvalue weighted by molar-refractivity contribution is 7.90. The minimum Gasteiger partial charge on any atom is -0.384 e. The minimum atomic E-state index is -3.10. The van der Waals surface area contributed by atoms with Crippen molar-refractivity contribution in [1.82, 2.24) is 4.98 Å². The zero-order valence-corrected chi connectivity index (χ0v) is 15.5. The number of aliphatic hydroxyl groups excluding tert-OH is 1. The van der Waals surface area contributed by atoms with Crippen molar-refractivity contribution in [3.63, 3.8) is 0 Å². The van der Waals surface area contributed by atoms with Crippen molar-refractivity contribution in [3.05, 3.63) is 41.0 Å². The lowest BCUT2D eigenvalue weighted by Crippen LogP contribution is -2.25. The zero-order valence-electron chi connectivity index (χ0n) is 13.9. The topological polar surface area (TPSA) is 139 Å². The smallest absolute Gasteiger partial charge is 0.253 e. The van der Waals surface area contributed by atoms with Gasteiger partial charge >= 0.3 is 0 Å². The Balaban J connectivity index is 0.000000257. The number of hydrogen-bond donors (Lipinski definition) is 3. The zero-order chi connectivity index (χ0) is 19.2. The van der Waals surface area contributed by atoms with E-state index in [0.29, 0.717) is 15.6 Å². The fraction of sp³-hybridized carbons (Fsp3) is 0.267. The van der Waals surface area contributed by atoms with Crippen molar-refractivity contribution in [1.29, 1.82) is 0 Å². The monoisotopic (exact) mass is 385 g/mol. The first-order chi connectivity index (χ1) is 11.5.